The summed E-state index contributed by atoms with van der Waals surface area (Å²) in [7, 11) is 0. The van der Waals surface area contributed by atoms with Gasteiger partial charge in [-0.2, -0.15) is 0 Å². The monoisotopic (exact) mass is 518 g/mol. The number of nitrogens with zero attached hydrogens (tertiary/aromatic N) is 6. The molecule has 0 atom stereocenters. The number of fused-ring (bicyclic) bond motifs is 2. The summed E-state index contributed by atoms with van der Waals surface area (Å²) in [5.74, 6) is 1.46. The molecule has 9 nitrogen and oxygen atoms in total. The average molecular weight is 519 g/mol. The lowest BCUT2D eigenvalue weighted by Crippen LogP contribution is -2.49. The Morgan fingerprint density at radius 1 is 1.08 bits per heavy atom. The zero-order valence-electron chi connectivity index (χ0n) is 20.9. The summed E-state index contributed by atoms with van der Waals surface area (Å²) < 4.78 is 6.73. The smallest absolute Gasteiger partial charge is 0.248 e. The van der Waals surface area contributed by atoms with Crippen LogP contribution in [0.15, 0.2) is 36.5 Å². The number of anilines is 1. The Bertz CT molecular complexity index is 1440. The fourth-order valence-corrected chi connectivity index (χ4v) is 6.34. The van der Waals surface area contributed by atoms with Crippen LogP contribution in [0.1, 0.15) is 10.4 Å². The summed E-state index contributed by atoms with van der Waals surface area (Å²) in [6.45, 7) is 8.37. The van der Waals surface area contributed by atoms with Crippen LogP contribution >= 0.6 is 11.3 Å². The number of hydrogen-bond acceptors (Lipinski definition) is 9. The highest BCUT2D eigenvalue weighted by Gasteiger charge is 2.25. The van der Waals surface area contributed by atoms with Crippen LogP contribution in [0, 0.1) is 6.92 Å². The second-order valence-electron chi connectivity index (χ2n) is 9.53. The number of aryl methyl sites for hydroxylation is 1. The number of thiophene rings is 1. The van der Waals surface area contributed by atoms with Crippen molar-refractivity contribution < 1.29 is 14.6 Å². The summed E-state index contributed by atoms with van der Waals surface area (Å²) in [6, 6.07) is 10.2. The highest BCUT2D eigenvalue weighted by atomic mass is 32.1. The van der Waals surface area contributed by atoms with Crippen molar-refractivity contribution in [1.82, 2.24) is 24.8 Å². The van der Waals surface area contributed by atoms with Gasteiger partial charge >= 0.3 is 0 Å². The lowest BCUT2D eigenvalue weighted by atomic mass is 10.1. The number of pyridine rings is 1. The molecular formula is C27H30N6O3S. The summed E-state index contributed by atoms with van der Waals surface area (Å²) in [5, 5.41) is 10.2. The summed E-state index contributed by atoms with van der Waals surface area (Å²) >= 11 is 1.77. The van der Waals surface area contributed by atoms with E-state index >= 15 is 0 Å². The van der Waals surface area contributed by atoms with Gasteiger partial charge in [-0.3, -0.25) is 14.7 Å². The molecule has 1 aromatic carbocycles. The lowest BCUT2D eigenvalue weighted by molar-refractivity contribution is -0.135. The molecule has 0 unspecified atom stereocenters. The second-order valence-corrected chi connectivity index (χ2v) is 10.6. The molecule has 6 rings (SSSR count). The second kappa shape index (κ2) is 10.3. The minimum atomic E-state index is -0.423. The van der Waals surface area contributed by atoms with E-state index in [1.54, 1.807) is 16.2 Å². The van der Waals surface area contributed by atoms with E-state index in [0.29, 0.717) is 32.1 Å². The fourth-order valence-electron chi connectivity index (χ4n) is 5.04. The van der Waals surface area contributed by atoms with E-state index in [2.05, 4.69) is 33.8 Å². The lowest BCUT2D eigenvalue weighted by Gasteiger charge is -2.34. The van der Waals surface area contributed by atoms with Crippen LogP contribution in [0.3, 0.4) is 0 Å². The van der Waals surface area contributed by atoms with Crippen molar-refractivity contribution in [3.05, 3.63) is 47.0 Å². The van der Waals surface area contributed by atoms with Crippen LogP contribution in [0.5, 0.6) is 0 Å². The van der Waals surface area contributed by atoms with Crippen molar-refractivity contribution in [3.8, 4) is 11.4 Å². The number of rotatable bonds is 5. The molecule has 2 saturated heterocycles. The number of aliphatic hydroxyl groups is 1. The van der Waals surface area contributed by atoms with Crippen LogP contribution in [-0.4, -0.2) is 94.9 Å². The van der Waals surface area contributed by atoms with E-state index < -0.39 is 6.61 Å². The Morgan fingerprint density at radius 3 is 2.65 bits per heavy atom. The molecule has 0 spiro atoms. The molecule has 0 radical (unpaired) electrons. The molecule has 0 aliphatic carbocycles. The predicted molar refractivity (Wildman–Crippen MR) is 145 cm³/mol. The maximum Gasteiger partial charge on any atom is 0.248 e. The highest BCUT2D eigenvalue weighted by molar-refractivity contribution is 7.19. The molecule has 2 aliphatic rings. The first-order chi connectivity index (χ1) is 18.1. The summed E-state index contributed by atoms with van der Waals surface area (Å²) in [4.78, 5) is 34.3. The predicted octanol–water partition coefficient (Wildman–Crippen LogP) is 2.69. The first-order valence-corrected chi connectivity index (χ1v) is 13.5. The number of morpholine rings is 1. The number of benzene rings is 1. The minimum absolute atomic E-state index is 0.196. The van der Waals surface area contributed by atoms with Gasteiger partial charge in [-0.25, -0.2) is 9.97 Å². The van der Waals surface area contributed by atoms with Crippen molar-refractivity contribution in [2.45, 2.75) is 13.5 Å². The quantitative estimate of drug-likeness (QED) is 0.431. The Balaban J connectivity index is 1.37. The van der Waals surface area contributed by atoms with E-state index in [4.69, 9.17) is 19.8 Å². The first-order valence-electron chi connectivity index (χ1n) is 12.7. The van der Waals surface area contributed by atoms with Crippen molar-refractivity contribution in [1.29, 1.82) is 0 Å². The molecule has 1 amide bonds. The maximum absolute atomic E-state index is 11.8. The first kappa shape index (κ1) is 24.2. The molecule has 2 fully saturated rings. The van der Waals surface area contributed by atoms with Gasteiger partial charge in [0.2, 0.25) is 5.91 Å². The van der Waals surface area contributed by atoms with Gasteiger partial charge in [0.15, 0.2) is 11.6 Å². The van der Waals surface area contributed by atoms with Crippen LogP contribution in [0.2, 0.25) is 0 Å². The van der Waals surface area contributed by atoms with Crippen LogP contribution in [0.25, 0.3) is 32.5 Å². The summed E-state index contributed by atoms with van der Waals surface area (Å²) in [5.41, 5.74) is 4.04. The largest absolute Gasteiger partial charge is 0.387 e. The van der Waals surface area contributed by atoms with Crippen molar-refractivity contribution >= 4 is 44.2 Å². The molecular weight excluding hydrogens is 488 g/mol. The highest BCUT2D eigenvalue weighted by Crippen LogP contribution is 2.38. The number of carbonyl (C=O) groups excluding carboxylic acids is 1. The number of ether oxygens (including phenoxy) is 1. The Kier molecular flexibility index (Phi) is 6.72. The van der Waals surface area contributed by atoms with E-state index in [1.807, 2.05) is 24.4 Å². The Labute approximate surface area is 219 Å². The third kappa shape index (κ3) is 4.77. The zero-order valence-corrected chi connectivity index (χ0v) is 21.7. The number of amides is 1. The molecule has 10 heteroatoms. The van der Waals surface area contributed by atoms with Crippen LogP contribution in [-0.2, 0) is 16.1 Å². The molecule has 192 valence electrons. The van der Waals surface area contributed by atoms with Crippen LogP contribution < -0.4 is 4.90 Å². The van der Waals surface area contributed by atoms with E-state index in [1.165, 1.54) is 10.4 Å². The molecule has 4 aromatic rings. The topological polar surface area (TPSA) is 94.9 Å². The maximum atomic E-state index is 11.8. The van der Waals surface area contributed by atoms with Gasteiger partial charge in [0.1, 0.15) is 6.61 Å². The number of aromatic nitrogens is 3. The van der Waals surface area contributed by atoms with Crippen LogP contribution in [0.4, 0.5) is 5.82 Å². The third-order valence-electron chi connectivity index (χ3n) is 7.23. The molecule has 3 aromatic heterocycles. The number of aliphatic hydroxyl groups excluding tert-OH is 1. The number of carbonyl (C=O) groups is 1. The Hall–Kier alpha value is -3.18. The average Bonchev–Trinajstić information content (AvgIpc) is 3.27. The van der Waals surface area contributed by atoms with Gasteiger partial charge in [0.25, 0.3) is 0 Å². The fraction of sp³-hybridized carbons (Fsp3) is 0.407. The molecule has 0 saturated carbocycles. The molecule has 0 bridgehead atoms. The van der Waals surface area contributed by atoms with Crippen molar-refractivity contribution in [3.63, 3.8) is 0 Å². The SMILES string of the molecule is Cc1c(CN2CCN(C(=O)CO)CC2)sc2c(N3CCOCC3)nc(-c3cnc4ccccc4c3)nc12. The van der Waals surface area contributed by atoms with Gasteiger partial charge < -0.3 is 19.6 Å². The van der Waals surface area contributed by atoms with Gasteiger partial charge in [-0.1, -0.05) is 18.2 Å². The van der Waals surface area contributed by atoms with Crippen molar-refractivity contribution in [2.24, 2.45) is 0 Å². The number of piperazine rings is 1. The molecule has 1 N–H and O–H groups in total. The molecule has 37 heavy (non-hydrogen) atoms. The van der Waals surface area contributed by atoms with E-state index in [-0.39, 0.29) is 5.91 Å². The van der Waals surface area contributed by atoms with Gasteiger partial charge in [0.05, 0.1) is 28.9 Å². The Morgan fingerprint density at radius 2 is 1.86 bits per heavy atom. The molecule has 5 heterocycles. The van der Waals surface area contributed by atoms with Gasteiger partial charge in [-0.15, -0.1) is 11.3 Å². The standard InChI is InChI=1S/C27H30N6O3S/c1-18-22(16-31-6-8-32(9-7-31)23(35)17-34)37-25-24(18)29-26(30-27(25)33-10-12-36-13-11-33)20-14-19-4-2-3-5-21(19)28-15-20/h2-5,14-15,34H,6-13,16-17H2,1H3. The summed E-state index contributed by atoms with van der Waals surface area (Å²) in [6.07, 6.45) is 1.86. The van der Waals surface area contributed by atoms with Gasteiger partial charge in [0, 0.05) is 67.8 Å². The zero-order chi connectivity index (χ0) is 25.4. The minimum Gasteiger partial charge on any atom is -0.387 e. The number of hydrogen-bond donors (Lipinski definition) is 1. The van der Waals surface area contributed by atoms with E-state index in [9.17, 15) is 4.79 Å². The van der Waals surface area contributed by atoms with Gasteiger partial charge in [-0.05, 0) is 24.6 Å². The normalized spacial score (nSPS) is 17.1. The van der Waals surface area contributed by atoms with Crippen molar-refractivity contribution in [2.75, 3.05) is 64.0 Å². The van der Waals surface area contributed by atoms with E-state index in [0.717, 1.165) is 65.2 Å². The third-order valence-corrected chi connectivity index (χ3v) is 8.49. The number of para-hydroxylation sites is 1. The molecule has 2 aliphatic heterocycles.